The fourth-order valence-electron chi connectivity index (χ4n) is 3.99. The highest BCUT2D eigenvalue weighted by Crippen LogP contribution is 2.30. The first-order valence-corrected chi connectivity index (χ1v) is 9.39. The molecule has 1 aromatic heterocycles. The molecule has 7 nitrogen and oxygen atoms in total. The summed E-state index contributed by atoms with van der Waals surface area (Å²) in [7, 11) is 0. The van der Waals surface area contributed by atoms with Gasteiger partial charge in [-0.25, -0.2) is 9.48 Å². The first-order valence-electron chi connectivity index (χ1n) is 9.39. The summed E-state index contributed by atoms with van der Waals surface area (Å²) >= 11 is 0. The van der Waals surface area contributed by atoms with Crippen LogP contribution in [-0.4, -0.2) is 57.7 Å². The lowest BCUT2D eigenvalue weighted by molar-refractivity contribution is -0.121. The van der Waals surface area contributed by atoms with Crippen LogP contribution in [0.4, 0.5) is 4.79 Å². The minimum Gasteiger partial charge on any atom is -0.369 e. The van der Waals surface area contributed by atoms with Gasteiger partial charge in [-0.05, 0) is 44.0 Å². The molecule has 1 aromatic carbocycles. The molecule has 142 valence electrons. The number of carbonyl (C=O) groups excluding carboxylic acids is 2. The number of hydrogen-bond donors (Lipinski definition) is 1. The Kier molecular flexibility index (Phi) is 4.37. The van der Waals surface area contributed by atoms with Crippen molar-refractivity contribution in [2.24, 2.45) is 11.7 Å². The van der Waals surface area contributed by atoms with E-state index in [2.05, 4.69) is 35.4 Å². The molecule has 2 saturated heterocycles. The molecule has 27 heavy (non-hydrogen) atoms. The molecule has 0 radical (unpaired) electrons. The summed E-state index contributed by atoms with van der Waals surface area (Å²) in [6.45, 7) is 6.54. The zero-order chi connectivity index (χ0) is 19.1. The Labute approximate surface area is 158 Å². The van der Waals surface area contributed by atoms with Crippen LogP contribution in [0.15, 0.2) is 30.3 Å². The number of carbonyl (C=O) groups is 2. The molecule has 2 aromatic rings. The Hall–Kier alpha value is -2.83. The summed E-state index contributed by atoms with van der Waals surface area (Å²) in [5.41, 5.74) is 9.75. The van der Waals surface area contributed by atoms with E-state index in [4.69, 9.17) is 5.73 Å². The lowest BCUT2D eigenvalue weighted by atomic mass is 9.91. The molecular weight excluding hydrogens is 342 g/mol. The third-order valence-corrected chi connectivity index (χ3v) is 5.63. The molecule has 7 heteroatoms. The maximum absolute atomic E-state index is 12.5. The zero-order valence-corrected chi connectivity index (χ0v) is 15.8. The standard InChI is InChI=1S/C20H25N5O2/c1-13-9-14(2)25(22-13)18-5-3-15(4-6-18)17-11-24(12-17)20(27)23-8-7-16(10-23)19(21)26/h3-6,9,16-17H,7-8,10-12H2,1-2H3,(H2,21,26)/t16-/m0/s1. The highest BCUT2D eigenvalue weighted by Gasteiger charge is 2.37. The van der Waals surface area contributed by atoms with Gasteiger partial charge in [-0.3, -0.25) is 4.79 Å². The molecule has 0 unspecified atom stereocenters. The minimum absolute atomic E-state index is 0.0225. The highest BCUT2D eigenvalue weighted by molar-refractivity contribution is 5.80. The van der Waals surface area contributed by atoms with Crippen LogP contribution in [-0.2, 0) is 4.79 Å². The van der Waals surface area contributed by atoms with Crippen molar-refractivity contribution in [1.29, 1.82) is 0 Å². The first kappa shape index (κ1) is 17.6. The van der Waals surface area contributed by atoms with Gasteiger partial charge in [-0.1, -0.05) is 12.1 Å². The molecule has 3 heterocycles. The first-order chi connectivity index (χ1) is 12.9. The van der Waals surface area contributed by atoms with E-state index in [1.165, 1.54) is 5.56 Å². The Balaban J connectivity index is 1.35. The van der Waals surface area contributed by atoms with E-state index in [0.717, 1.165) is 30.2 Å². The second-order valence-corrected chi connectivity index (χ2v) is 7.65. The smallest absolute Gasteiger partial charge is 0.320 e. The van der Waals surface area contributed by atoms with E-state index in [9.17, 15) is 9.59 Å². The van der Waals surface area contributed by atoms with E-state index < -0.39 is 0 Å². The molecule has 2 fully saturated rings. The van der Waals surface area contributed by atoms with Crippen LogP contribution in [0.1, 0.15) is 29.3 Å². The summed E-state index contributed by atoms with van der Waals surface area (Å²) in [4.78, 5) is 27.4. The Bertz CT molecular complexity index is 867. The van der Waals surface area contributed by atoms with E-state index in [1.807, 2.05) is 23.4 Å². The number of likely N-dealkylation sites (tertiary alicyclic amines) is 2. The van der Waals surface area contributed by atoms with Gasteiger partial charge in [0, 0.05) is 37.8 Å². The molecule has 0 aliphatic carbocycles. The van der Waals surface area contributed by atoms with Crippen molar-refractivity contribution in [3.63, 3.8) is 0 Å². The lowest BCUT2D eigenvalue weighted by Gasteiger charge is -2.41. The van der Waals surface area contributed by atoms with Crippen LogP contribution in [0.25, 0.3) is 5.69 Å². The monoisotopic (exact) mass is 367 g/mol. The number of nitrogens with two attached hydrogens (primary N) is 1. The molecule has 2 aliphatic heterocycles. The number of rotatable bonds is 3. The maximum atomic E-state index is 12.5. The second-order valence-electron chi connectivity index (χ2n) is 7.65. The average Bonchev–Trinajstić information content (AvgIpc) is 3.21. The van der Waals surface area contributed by atoms with Crippen molar-refractivity contribution >= 4 is 11.9 Å². The van der Waals surface area contributed by atoms with Crippen LogP contribution in [0.5, 0.6) is 0 Å². The number of aryl methyl sites for hydroxylation is 2. The summed E-state index contributed by atoms with van der Waals surface area (Å²) in [6.07, 6.45) is 0.673. The molecule has 2 N–H and O–H groups in total. The quantitative estimate of drug-likeness (QED) is 0.898. The Morgan fingerprint density at radius 3 is 2.33 bits per heavy atom. The van der Waals surface area contributed by atoms with Crippen LogP contribution in [0.2, 0.25) is 0 Å². The third kappa shape index (κ3) is 3.29. The molecule has 2 aliphatic rings. The summed E-state index contributed by atoms with van der Waals surface area (Å²) in [6, 6.07) is 10.5. The van der Waals surface area contributed by atoms with Crippen LogP contribution < -0.4 is 5.73 Å². The van der Waals surface area contributed by atoms with Crippen molar-refractivity contribution in [3.8, 4) is 5.69 Å². The van der Waals surface area contributed by atoms with Crippen LogP contribution in [0.3, 0.4) is 0 Å². The zero-order valence-electron chi connectivity index (χ0n) is 15.8. The van der Waals surface area contributed by atoms with E-state index >= 15 is 0 Å². The van der Waals surface area contributed by atoms with Crippen LogP contribution >= 0.6 is 0 Å². The second kappa shape index (κ2) is 6.72. The van der Waals surface area contributed by atoms with Gasteiger partial charge >= 0.3 is 6.03 Å². The Morgan fingerprint density at radius 1 is 1.07 bits per heavy atom. The van der Waals surface area contributed by atoms with E-state index in [1.54, 1.807) is 4.90 Å². The number of hydrogen-bond acceptors (Lipinski definition) is 3. The molecule has 0 saturated carbocycles. The van der Waals surface area contributed by atoms with Crippen molar-refractivity contribution in [1.82, 2.24) is 19.6 Å². The van der Waals surface area contributed by atoms with Gasteiger partial charge in [0.1, 0.15) is 0 Å². The number of benzene rings is 1. The maximum Gasteiger partial charge on any atom is 0.320 e. The van der Waals surface area contributed by atoms with Gasteiger partial charge < -0.3 is 15.5 Å². The lowest BCUT2D eigenvalue weighted by Crippen LogP contribution is -2.53. The van der Waals surface area contributed by atoms with Gasteiger partial charge in [-0.2, -0.15) is 5.10 Å². The van der Waals surface area contributed by atoms with Crippen molar-refractivity contribution in [3.05, 3.63) is 47.3 Å². The predicted octanol–water partition coefficient (Wildman–Crippen LogP) is 1.82. The fourth-order valence-corrected chi connectivity index (χ4v) is 3.99. The Morgan fingerprint density at radius 2 is 1.78 bits per heavy atom. The van der Waals surface area contributed by atoms with Crippen LogP contribution in [0, 0.1) is 19.8 Å². The largest absolute Gasteiger partial charge is 0.369 e. The van der Waals surface area contributed by atoms with Crippen molar-refractivity contribution < 1.29 is 9.59 Å². The summed E-state index contributed by atoms with van der Waals surface area (Å²) in [5.74, 6) is -0.152. The predicted molar refractivity (Wildman–Crippen MR) is 102 cm³/mol. The third-order valence-electron chi connectivity index (χ3n) is 5.63. The van der Waals surface area contributed by atoms with E-state index in [0.29, 0.717) is 25.4 Å². The normalized spacial score (nSPS) is 20.0. The number of nitrogens with zero attached hydrogens (tertiary/aromatic N) is 4. The SMILES string of the molecule is Cc1cc(C)n(-c2ccc(C3CN(C(=O)N4CC[C@H](C(N)=O)C4)C3)cc2)n1. The summed E-state index contributed by atoms with van der Waals surface area (Å²) < 4.78 is 1.94. The number of amides is 3. The molecule has 1 atom stereocenters. The number of aromatic nitrogens is 2. The van der Waals surface area contributed by atoms with Crippen molar-refractivity contribution in [2.45, 2.75) is 26.2 Å². The van der Waals surface area contributed by atoms with Gasteiger partial charge in [0.05, 0.1) is 17.3 Å². The minimum atomic E-state index is -0.311. The average molecular weight is 367 g/mol. The van der Waals surface area contributed by atoms with Gasteiger partial charge in [-0.15, -0.1) is 0 Å². The number of primary amides is 1. The molecule has 3 amide bonds. The molecule has 0 spiro atoms. The molecule has 4 rings (SSSR count). The van der Waals surface area contributed by atoms with E-state index in [-0.39, 0.29) is 17.9 Å². The van der Waals surface area contributed by atoms with Gasteiger partial charge in [0.15, 0.2) is 0 Å². The fraction of sp³-hybridized carbons (Fsp3) is 0.450. The summed E-state index contributed by atoms with van der Waals surface area (Å²) in [5, 5.41) is 4.51. The van der Waals surface area contributed by atoms with Crippen molar-refractivity contribution in [2.75, 3.05) is 26.2 Å². The highest BCUT2D eigenvalue weighted by atomic mass is 16.2. The molecule has 0 bridgehead atoms. The topological polar surface area (TPSA) is 84.5 Å². The van der Waals surface area contributed by atoms with Gasteiger partial charge in [0.25, 0.3) is 0 Å². The van der Waals surface area contributed by atoms with Gasteiger partial charge in [0.2, 0.25) is 5.91 Å². The number of urea groups is 1. The molecular formula is C20H25N5O2.